The van der Waals surface area contributed by atoms with Gasteiger partial charge in [0.05, 0.1) is 0 Å². The van der Waals surface area contributed by atoms with Gasteiger partial charge in [-0.15, -0.1) is 0 Å². The molecular formula is C17H37N3. The van der Waals surface area contributed by atoms with Gasteiger partial charge in [0.15, 0.2) is 0 Å². The summed E-state index contributed by atoms with van der Waals surface area (Å²) >= 11 is 0. The predicted octanol–water partition coefficient (Wildman–Crippen LogP) is 2.82. The van der Waals surface area contributed by atoms with Crippen molar-refractivity contribution in [3.63, 3.8) is 0 Å². The van der Waals surface area contributed by atoms with Gasteiger partial charge in [0.25, 0.3) is 0 Å². The molecule has 0 aromatic rings. The number of piperazine rings is 1. The van der Waals surface area contributed by atoms with Crippen molar-refractivity contribution in [3.05, 3.63) is 0 Å². The number of nitrogens with one attached hydrogen (secondary N) is 1. The summed E-state index contributed by atoms with van der Waals surface area (Å²) in [6.45, 7) is 17.7. The molecule has 3 heteroatoms. The van der Waals surface area contributed by atoms with Crippen LogP contribution in [0.4, 0.5) is 0 Å². The number of rotatable bonds is 8. The van der Waals surface area contributed by atoms with Gasteiger partial charge in [0.1, 0.15) is 0 Å². The van der Waals surface area contributed by atoms with Crippen molar-refractivity contribution in [1.29, 1.82) is 0 Å². The molecule has 120 valence electrons. The molecule has 1 N–H and O–H groups in total. The number of hydrogen-bond acceptors (Lipinski definition) is 3. The Morgan fingerprint density at radius 3 is 2.20 bits per heavy atom. The lowest BCUT2D eigenvalue weighted by atomic mass is 9.84. The Bertz CT molecular complexity index is 257. The van der Waals surface area contributed by atoms with Crippen LogP contribution < -0.4 is 5.32 Å². The minimum Gasteiger partial charge on any atom is -0.316 e. The Hall–Kier alpha value is -0.120. The Labute approximate surface area is 127 Å². The van der Waals surface area contributed by atoms with E-state index >= 15 is 0 Å². The molecule has 3 nitrogen and oxygen atoms in total. The first-order valence-electron chi connectivity index (χ1n) is 8.57. The Morgan fingerprint density at radius 1 is 1.10 bits per heavy atom. The molecule has 0 aromatic heterocycles. The van der Waals surface area contributed by atoms with E-state index in [4.69, 9.17) is 0 Å². The van der Waals surface area contributed by atoms with E-state index in [1.807, 2.05) is 0 Å². The highest BCUT2D eigenvalue weighted by molar-refractivity contribution is 4.87. The van der Waals surface area contributed by atoms with Crippen molar-refractivity contribution in [2.24, 2.45) is 5.41 Å². The zero-order valence-electron chi connectivity index (χ0n) is 14.7. The maximum atomic E-state index is 3.64. The summed E-state index contributed by atoms with van der Waals surface area (Å²) in [5.74, 6) is 0. The summed E-state index contributed by atoms with van der Waals surface area (Å²) in [4.78, 5) is 5.21. The van der Waals surface area contributed by atoms with E-state index in [0.29, 0.717) is 17.5 Å². The second-order valence-electron chi connectivity index (χ2n) is 7.30. The smallest absolute Gasteiger partial charge is 0.0195 e. The molecule has 0 spiro atoms. The third-order valence-corrected chi connectivity index (χ3v) is 4.87. The van der Waals surface area contributed by atoms with E-state index < -0.39 is 0 Å². The standard InChI is InChI=1S/C17H37N3/c1-7-9-17(5,13-18-10-8-2)14-20-11-15(3)19(6)16(4)12-20/h15-16,18H,7-14H2,1-6H3. The molecule has 1 fully saturated rings. The van der Waals surface area contributed by atoms with Gasteiger partial charge in [-0.1, -0.05) is 27.2 Å². The highest BCUT2D eigenvalue weighted by atomic mass is 15.3. The van der Waals surface area contributed by atoms with Crippen LogP contribution in [0.1, 0.15) is 53.9 Å². The molecule has 0 aliphatic carbocycles. The van der Waals surface area contributed by atoms with Gasteiger partial charge in [-0.3, -0.25) is 9.80 Å². The van der Waals surface area contributed by atoms with Crippen LogP contribution in [0.5, 0.6) is 0 Å². The van der Waals surface area contributed by atoms with E-state index in [0.717, 1.165) is 13.1 Å². The van der Waals surface area contributed by atoms with Crippen molar-refractivity contribution in [2.75, 3.05) is 39.8 Å². The van der Waals surface area contributed by atoms with Gasteiger partial charge in [0, 0.05) is 38.3 Å². The quantitative estimate of drug-likeness (QED) is 0.691. The zero-order chi connectivity index (χ0) is 15.2. The van der Waals surface area contributed by atoms with Gasteiger partial charge < -0.3 is 5.32 Å². The van der Waals surface area contributed by atoms with Gasteiger partial charge >= 0.3 is 0 Å². The van der Waals surface area contributed by atoms with Gasteiger partial charge in [0.2, 0.25) is 0 Å². The fourth-order valence-electron chi connectivity index (χ4n) is 3.58. The molecule has 0 saturated carbocycles. The van der Waals surface area contributed by atoms with Crippen molar-refractivity contribution in [3.8, 4) is 0 Å². The van der Waals surface area contributed by atoms with Crippen molar-refractivity contribution in [2.45, 2.75) is 66.0 Å². The van der Waals surface area contributed by atoms with E-state index in [9.17, 15) is 0 Å². The summed E-state index contributed by atoms with van der Waals surface area (Å²) in [6.07, 6.45) is 3.83. The first-order valence-corrected chi connectivity index (χ1v) is 8.57. The monoisotopic (exact) mass is 283 g/mol. The summed E-state index contributed by atoms with van der Waals surface area (Å²) < 4.78 is 0. The van der Waals surface area contributed by atoms with E-state index in [-0.39, 0.29) is 0 Å². The maximum Gasteiger partial charge on any atom is 0.0195 e. The summed E-state index contributed by atoms with van der Waals surface area (Å²) in [7, 11) is 2.26. The Balaban J connectivity index is 2.56. The molecule has 0 radical (unpaired) electrons. The van der Waals surface area contributed by atoms with Crippen LogP contribution in [0, 0.1) is 5.41 Å². The minimum atomic E-state index is 0.416. The normalized spacial score (nSPS) is 28.5. The maximum absolute atomic E-state index is 3.64. The summed E-state index contributed by atoms with van der Waals surface area (Å²) in [6, 6.07) is 1.35. The second kappa shape index (κ2) is 8.35. The molecule has 1 aliphatic rings. The number of hydrogen-bond donors (Lipinski definition) is 1. The van der Waals surface area contributed by atoms with E-state index in [1.54, 1.807) is 0 Å². The fraction of sp³-hybridized carbons (Fsp3) is 1.00. The first-order chi connectivity index (χ1) is 9.41. The lowest BCUT2D eigenvalue weighted by Gasteiger charge is -2.45. The third kappa shape index (κ3) is 5.34. The predicted molar refractivity (Wildman–Crippen MR) is 89.3 cm³/mol. The van der Waals surface area contributed by atoms with Crippen LogP contribution in [-0.4, -0.2) is 61.7 Å². The van der Waals surface area contributed by atoms with Crippen LogP contribution >= 0.6 is 0 Å². The van der Waals surface area contributed by atoms with Crippen molar-refractivity contribution in [1.82, 2.24) is 15.1 Å². The first kappa shape index (κ1) is 17.9. The summed E-state index contributed by atoms with van der Waals surface area (Å²) in [5, 5.41) is 3.64. The molecule has 1 aliphatic heterocycles. The minimum absolute atomic E-state index is 0.416. The Kier molecular flexibility index (Phi) is 7.49. The molecule has 1 saturated heterocycles. The van der Waals surface area contributed by atoms with Gasteiger partial charge in [-0.05, 0) is 45.7 Å². The van der Waals surface area contributed by atoms with Crippen LogP contribution in [0.3, 0.4) is 0 Å². The molecule has 0 bridgehead atoms. The van der Waals surface area contributed by atoms with Gasteiger partial charge in [-0.25, -0.2) is 0 Å². The Morgan fingerprint density at radius 2 is 1.70 bits per heavy atom. The van der Waals surface area contributed by atoms with E-state index in [1.165, 1.54) is 38.9 Å². The van der Waals surface area contributed by atoms with Crippen LogP contribution in [-0.2, 0) is 0 Å². The highest BCUT2D eigenvalue weighted by Crippen LogP contribution is 2.26. The topological polar surface area (TPSA) is 18.5 Å². The van der Waals surface area contributed by atoms with Crippen LogP contribution in [0.15, 0.2) is 0 Å². The molecule has 1 rings (SSSR count). The van der Waals surface area contributed by atoms with E-state index in [2.05, 4.69) is 56.8 Å². The van der Waals surface area contributed by atoms with Crippen LogP contribution in [0.25, 0.3) is 0 Å². The largest absolute Gasteiger partial charge is 0.316 e. The summed E-state index contributed by atoms with van der Waals surface area (Å²) in [5.41, 5.74) is 0.416. The lowest BCUT2D eigenvalue weighted by Crippen LogP contribution is -2.57. The molecule has 0 aromatic carbocycles. The SMILES string of the molecule is CCCNCC(C)(CCC)CN1CC(C)N(C)C(C)C1. The second-order valence-corrected chi connectivity index (χ2v) is 7.30. The average Bonchev–Trinajstić information content (AvgIpc) is 2.36. The van der Waals surface area contributed by atoms with Crippen molar-refractivity contribution >= 4 is 0 Å². The third-order valence-electron chi connectivity index (χ3n) is 4.87. The zero-order valence-corrected chi connectivity index (χ0v) is 14.7. The molecule has 1 heterocycles. The fourth-order valence-corrected chi connectivity index (χ4v) is 3.58. The molecule has 0 amide bonds. The molecule has 3 atom stereocenters. The molecule has 3 unspecified atom stereocenters. The van der Waals surface area contributed by atoms with Crippen molar-refractivity contribution < 1.29 is 0 Å². The molecular weight excluding hydrogens is 246 g/mol. The highest BCUT2D eigenvalue weighted by Gasteiger charge is 2.32. The number of nitrogens with zero attached hydrogens (tertiary/aromatic N) is 2. The average molecular weight is 284 g/mol. The molecule has 20 heavy (non-hydrogen) atoms. The van der Waals surface area contributed by atoms with Crippen LogP contribution in [0.2, 0.25) is 0 Å². The van der Waals surface area contributed by atoms with Gasteiger partial charge in [-0.2, -0.15) is 0 Å². The lowest BCUT2D eigenvalue weighted by molar-refractivity contribution is 0.0325. The number of likely N-dealkylation sites (N-methyl/N-ethyl adjacent to an activating group) is 1.